The minimum Gasteiger partial charge on any atom is -0.468 e. The standard InChI is InChI=1S/C14H23NO/c1-14(2)8-4-3-6-12(14)10-15-11-13-7-5-9-16-13/h5,7,9,12,15H,3-4,6,8,10-11H2,1-2H3. The largest absolute Gasteiger partial charge is 0.468 e. The van der Waals surface area contributed by atoms with E-state index < -0.39 is 0 Å². The second kappa shape index (κ2) is 5.05. The van der Waals surface area contributed by atoms with Gasteiger partial charge in [0.05, 0.1) is 12.8 Å². The van der Waals surface area contributed by atoms with Crippen LogP contribution < -0.4 is 5.32 Å². The average Bonchev–Trinajstić information content (AvgIpc) is 2.73. The van der Waals surface area contributed by atoms with Crippen LogP contribution in [0.5, 0.6) is 0 Å². The molecule has 0 spiro atoms. The Labute approximate surface area is 98.4 Å². The zero-order chi connectivity index (χ0) is 11.4. The van der Waals surface area contributed by atoms with Gasteiger partial charge in [0.2, 0.25) is 0 Å². The third kappa shape index (κ3) is 2.88. The van der Waals surface area contributed by atoms with E-state index >= 15 is 0 Å². The zero-order valence-electron chi connectivity index (χ0n) is 10.5. The summed E-state index contributed by atoms with van der Waals surface area (Å²) >= 11 is 0. The van der Waals surface area contributed by atoms with Crippen LogP contribution in [0.25, 0.3) is 0 Å². The van der Waals surface area contributed by atoms with Gasteiger partial charge in [0, 0.05) is 0 Å². The number of hydrogen-bond donors (Lipinski definition) is 1. The van der Waals surface area contributed by atoms with Crippen molar-refractivity contribution in [3.8, 4) is 0 Å². The highest BCUT2D eigenvalue weighted by Crippen LogP contribution is 2.39. The summed E-state index contributed by atoms with van der Waals surface area (Å²) in [7, 11) is 0. The molecule has 16 heavy (non-hydrogen) atoms. The molecule has 0 saturated heterocycles. The first-order valence-electron chi connectivity index (χ1n) is 6.41. The number of nitrogens with one attached hydrogen (secondary N) is 1. The fraction of sp³-hybridized carbons (Fsp3) is 0.714. The van der Waals surface area contributed by atoms with Crippen molar-refractivity contribution in [3.05, 3.63) is 24.2 Å². The normalized spacial score (nSPS) is 24.5. The summed E-state index contributed by atoms with van der Waals surface area (Å²) in [6.07, 6.45) is 7.29. The van der Waals surface area contributed by atoms with Gasteiger partial charge in [0.25, 0.3) is 0 Å². The molecule has 90 valence electrons. The van der Waals surface area contributed by atoms with Gasteiger partial charge in [-0.05, 0) is 42.9 Å². The molecular weight excluding hydrogens is 198 g/mol. The lowest BCUT2D eigenvalue weighted by molar-refractivity contribution is 0.135. The van der Waals surface area contributed by atoms with E-state index in [0.29, 0.717) is 5.41 Å². The Morgan fingerprint density at radius 2 is 2.31 bits per heavy atom. The van der Waals surface area contributed by atoms with E-state index in [1.54, 1.807) is 6.26 Å². The summed E-state index contributed by atoms with van der Waals surface area (Å²) in [5.74, 6) is 1.85. The fourth-order valence-electron chi connectivity index (χ4n) is 2.73. The predicted octanol–water partition coefficient (Wildman–Crippen LogP) is 3.59. The highest BCUT2D eigenvalue weighted by atomic mass is 16.3. The summed E-state index contributed by atoms with van der Waals surface area (Å²) in [6.45, 7) is 6.80. The van der Waals surface area contributed by atoms with Gasteiger partial charge in [-0.25, -0.2) is 0 Å². The summed E-state index contributed by atoms with van der Waals surface area (Å²) in [5, 5.41) is 3.52. The Kier molecular flexibility index (Phi) is 3.70. The first-order chi connectivity index (χ1) is 7.68. The smallest absolute Gasteiger partial charge is 0.117 e. The lowest BCUT2D eigenvalue weighted by atomic mass is 9.69. The van der Waals surface area contributed by atoms with E-state index in [1.165, 1.54) is 25.7 Å². The van der Waals surface area contributed by atoms with Crippen molar-refractivity contribution in [2.75, 3.05) is 6.54 Å². The molecule has 0 amide bonds. The molecule has 1 heterocycles. The summed E-state index contributed by atoms with van der Waals surface area (Å²) in [6, 6.07) is 3.97. The van der Waals surface area contributed by atoms with Gasteiger partial charge in [-0.15, -0.1) is 0 Å². The van der Waals surface area contributed by atoms with Crippen LogP contribution >= 0.6 is 0 Å². The Hall–Kier alpha value is -0.760. The Bertz CT molecular complexity index is 303. The quantitative estimate of drug-likeness (QED) is 0.840. The number of furan rings is 1. The zero-order valence-corrected chi connectivity index (χ0v) is 10.5. The lowest BCUT2D eigenvalue weighted by Gasteiger charge is -2.38. The van der Waals surface area contributed by atoms with Crippen LogP contribution in [-0.2, 0) is 6.54 Å². The van der Waals surface area contributed by atoms with E-state index in [-0.39, 0.29) is 0 Å². The predicted molar refractivity (Wildman–Crippen MR) is 66.2 cm³/mol. The van der Waals surface area contributed by atoms with E-state index in [9.17, 15) is 0 Å². The molecule has 1 N–H and O–H groups in total. The summed E-state index contributed by atoms with van der Waals surface area (Å²) in [5.41, 5.74) is 0.508. The molecule has 0 aromatic carbocycles. The maximum absolute atomic E-state index is 5.31. The van der Waals surface area contributed by atoms with Crippen LogP contribution in [0.4, 0.5) is 0 Å². The highest BCUT2D eigenvalue weighted by molar-refractivity contribution is 4.97. The topological polar surface area (TPSA) is 25.2 Å². The van der Waals surface area contributed by atoms with E-state index in [0.717, 1.165) is 24.8 Å². The first-order valence-corrected chi connectivity index (χ1v) is 6.41. The van der Waals surface area contributed by atoms with Gasteiger partial charge in [-0.2, -0.15) is 0 Å². The van der Waals surface area contributed by atoms with Crippen molar-refractivity contribution < 1.29 is 4.42 Å². The second-order valence-corrected chi connectivity index (χ2v) is 5.64. The Morgan fingerprint density at radius 1 is 1.44 bits per heavy atom. The van der Waals surface area contributed by atoms with Crippen molar-refractivity contribution >= 4 is 0 Å². The molecule has 1 unspecified atom stereocenters. The number of rotatable bonds is 4. The van der Waals surface area contributed by atoms with Crippen molar-refractivity contribution in [3.63, 3.8) is 0 Å². The second-order valence-electron chi connectivity index (χ2n) is 5.64. The molecule has 1 saturated carbocycles. The minimum atomic E-state index is 0.508. The van der Waals surface area contributed by atoms with Crippen LogP contribution in [0.1, 0.15) is 45.3 Å². The molecular formula is C14H23NO. The maximum atomic E-state index is 5.31. The van der Waals surface area contributed by atoms with Crippen molar-refractivity contribution in [2.45, 2.75) is 46.1 Å². The molecule has 1 aromatic rings. The van der Waals surface area contributed by atoms with Crippen LogP contribution in [0.2, 0.25) is 0 Å². The fourth-order valence-corrected chi connectivity index (χ4v) is 2.73. The summed E-state index contributed by atoms with van der Waals surface area (Å²) in [4.78, 5) is 0. The average molecular weight is 221 g/mol. The SMILES string of the molecule is CC1(C)CCCCC1CNCc1ccco1. The van der Waals surface area contributed by atoms with Crippen molar-refractivity contribution in [2.24, 2.45) is 11.3 Å². The van der Waals surface area contributed by atoms with Crippen LogP contribution in [-0.4, -0.2) is 6.54 Å². The Balaban J connectivity index is 1.76. The van der Waals surface area contributed by atoms with Gasteiger partial charge in [-0.1, -0.05) is 26.7 Å². The molecule has 1 aromatic heterocycles. The maximum Gasteiger partial charge on any atom is 0.117 e. The van der Waals surface area contributed by atoms with Gasteiger partial charge in [0.15, 0.2) is 0 Å². The third-order valence-corrected chi connectivity index (χ3v) is 4.00. The minimum absolute atomic E-state index is 0.508. The van der Waals surface area contributed by atoms with E-state index in [4.69, 9.17) is 4.42 Å². The molecule has 1 aliphatic rings. The molecule has 1 aliphatic carbocycles. The third-order valence-electron chi connectivity index (χ3n) is 4.00. The lowest BCUT2D eigenvalue weighted by Crippen LogP contribution is -2.35. The molecule has 2 rings (SSSR count). The van der Waals surface area contributed by atoms with Gasteiger partial charge in [0.1, 0.15) is 5.76 Å². The molecule has 0 aliphatic heterocycles. The van der Waals surface area contributed by atoms with E-state index in [1.807, 2.05) is 12.1 Å². The van der Waals surface area contributed by atoms with E-state index in [2.05, 4.69) is 19.2 Å². The summed E-state index contributed by atoms with van der Waals surface area (Å²) < 4.78 is 5.31. The molecule has 2 nitrogen and oxygen atoms in total. The molecule has 0 radical (unpaired) electrons. The first kappa shape index (κ1) is 11.7. The van der Waals surface area contributed by atoms with Gasteiger partial charge in [-0.3, -0.25) is 0 Å². The molecule has 2 heteroatoms. The Morgan fingerprint density at radius 3 is 3.00 bits per heavy atom. The molecule has 1 atom stereocenters. The van der Waals surface area contributed by atoms with Crippen molar-refractivity contribution in [1.82, 2.24) is 5.32 Å². The number of hydrogen-bond acceptors (Lipinski definition) is 2. The molecule has 0 bridgehead atoms. The van der Waals surface area contributed by atoms with Gasteiger partial charge >= 0.3 is 0 Å². The van der Waals surface area contributed by atoms with Crippen LogP contribution in [0, 0.1) is 11.3 Å². The highest BCUT2D eigenvalue weighted by Gasteiger charge is 2.31. The van der Waals surface area contributed by atoms with Crippen LogP contribution in [0.3, 0.4) is 0 Å². The van der Waals surface area contributed by atoms with Crippen LogP contribution in [0.15, 0.2) is 22.8 Å². The monoisotopic (exact) mass is 221 g/mol. The van der Waals surface area contributed by atoms with Gasteiger partial charge < -0.3 is 9.73 Å². The van der Waals surface area contributed by atoms with Crippen molar-refractivity contribution in [1.29, 1.82) is 0 Å². The molecule has 1 fully saturated rings.